The maximum Gasteiger partial charge on any atom is 0.288 e. The molecule has 0 saturated carbocycles. The number of nitro benzene ring substituents is 1. The van der Waals surface area contributed by atoms with E-state index in [1.54, 1.807) is 18.2 Å². The predicted octanol–water partition coefficient (Wildman–Crippen LogP) is 5.15. The summed E-state index contributed by atoms with van der Waals surface area (Å²) in [5.74, 6) is -0.911. The zero-order chi connectivity index (χ0) is 21.4. The number of thiophene rings is 1. The van der Waals surface area contributed by atoms with Gasteiger partial charge in [0.15, 0.2) is 0 Å². The van der Waals surface area contributed by atoms with Crippen molar-refractivity contribution < 1.29 is 14.5 Å². The van der Waals surface area contributed by atoms with Gasteiger partial charge in [0, 0.05) is 32.8 Å². The fourth-order valence-electron chi connectivity index (χ4n) is 3.37. The Kier molecular flexibility index (Phi) is 5.46. The SMILES string of the molecule is O=C1CN(C(=O)c2ccc(Cl)c([N+](=O)[O-])c2)C(c2cccs2)c2cc(Cl)ccc2N1. The van der Waals surface area contributed by atoms with Gasteiger partial charge in [-0.25, -0.2) is 0 Å². The molecule has 7 nitrogen and oxygen atoms in total. The molecule has 0 radical (unpaired) electrons. The average Bonchev–Trinajstić information content (AvgIpc) is 3.18. The largest absolute Gasteiger partial charge is 0.324 e. The standard InChI is InChI=1S/C20H13Cl2N3O4S/c21-12-4-6-15-13(9-12)19(17-2-1-7-30-17)24(10-18(26)23-15)20(27)11-3-5-14(22)16(8-11)25(28)29/h1-9,19H,10H2,(H,23,26). The summed E-state index contributed by atoms with van der Waals surface area (Å²) in [4.78, 5) is 38.8. The van der Waals surface area contributed by atoms with Crippen molar-refractivity contribution in [2.45, 2.75) is 6.04 Å². The minimum Gasteiger partial charge on any atom is -0.324 e. The van der Waals surface area contributed by atoms with Crippen molar-refractivity contribution in [3.63, 3.8) is 0 Å². The normalized spacial score (nSPS) is 15.9. The van der Waals surface area contributed by atoms with Crippen LogP contribution in [-0.4, -0.2) is 28.2 Å². The van der Waals surface area contributed by atoms with Crippen molar-refractivity contribution in [3.05, 3.63) is 90.1 Å². The second-order valence-corrected chi connectivity index (χ2v) is 8.38. The van der Waals surface area contributed by atoms with E-state index in [0.717, 1.165) is 10.9 Å². The van der Waals surface area contributed by atoms with Gasteiger partial charge in [0.05, 0.1) is 11.0 Å². The minimum absolute atomic E-state index is 0.0611. The van der Waals surface area contributed by atoms with Crippen molar-refractivity contribution in [2.24, 2.45) is 0 Å². The van der Waals surface area contributed by atoms with Gasteiger partial charge in [0.1, 0.15) is 11.6 Å². The van der Waals surface area contributed by atoms with E-state index in [1.807, 2.05) is 17.5 Å². The van der Waals surface area contributed by atoms with Crippen LogP contribution >= 0.6 is 34.5 Å². The Morgan fingerprint density at radius 2 is 2.00 bits per heavy atom. The molecule has 0 spiro atoms. The van der Waals surface area contributed by atoms with Crippen LogP contribution in [0.25, 0.3) is 0 Å². The lowest BCUT2D eigenvalue weighted by molar-refractivity contribution is -0.384. The van der Waals surface area contributed by atoms with Crippen molar-refractivity contribution in [3.8, 4) is 0 Å². The quantitative estimate of drug-likeness (QED) is 0.431. The van der Waals surface area contributed by atoms with E-state index in [9.17, 15) is 19.7 Å². The highest BCUT2D eigenvalue weighted by atomic mass is 35.5. The summed E-state index contributed by atoms with van der Waals surface area (Å²) in [6, 6.07) is 12.0. The Hall–Kier alpha value is -2.94. The number of carbonyl (C=O) groups excluding carboxylic acids is 2. The number of fused-ring (bicyclic) bond motifs is 1. The molecule has 152 valence electrons. The molecule has 4 rings (SSSR count). The number of nitrogens with one attached hydrogen (secondary N) is 1. The van der Waals surface area contributed by atoms with E-state index in [-0.39, 0.29) is 28.7 Å². The van der Waals surface area contributed by atoms with Crippen LogP contribution in [0, 0.1) is 10.1 Å². The number of rotatable bonds is 3. The van der Waals surface area contributed by atoms with Gasteiger partial charge in [-0.05, 0) is 41.8 Å². The highest BCUT2D eigenvalue weighted by Gasteiger charge is 2.35. The Balaban J connectivity index is 1.86. The molecule has 30 heavy (non-hydrogen) atoms. The summed E-state index contributed by atoms with van der Waals surface area (Å²) in [6.45, 7) is -0.232. The van der Waals surface area contributed by atoms with Gasteiger partial charge in [-0.2, -0.15) is 0 Å². The zero-order valence-corrected chi connectivity index (χ0v) is 17.5. The molecule has 2 heterocycles. The smallest absolute Gasteiger partial charge is 0.288 e. The molecule has 0 aliphatic carbocycles. The van der Waals surface area contributed by atoms with Gasteiger partial charge < -0.3 is 10.2 Å². The maximum absolute atomic E-state index is 13.4. The van der Waals surface area contributed by atoms with Crippen LogP contribution in [0.3, 0.4) is 0 Å². The van der Waals surface area contributed by atoms with Gasteiger partial charge >= 0.3 is 0 Å². The number of nitrogens with zero attached hydrogens (tertiary/aromatic N) is 2. The number of hydrogen-bond acceptors (Lipinski definition) is 5. The third kappa shape index (κ3) is 3.77. The molecule has 1 aliphatic heterocycles. The first-order valence-corrected chi connectivity index (χ1v) is 10.4. The van der Waals surface area contributed by atoms with Gasteiger partial charge in [-0.3, -0.25) is 19.7 Å². The topological polar surface area (TPSA) is 92.5 Å². The maximum atomic E-state index is 13.4. The van der Waals surface area contributed by atoms with Crippen LogP contribution in [0.1, 0.15) is 26.8 Å². The van der Waals surface area contributed by atoms with Crippen LogP contribution in [0.5, 0.6) is 0 Å². The molecule has 1 N–H and O–H groups in total. The van der Waals surface area contributed by atoms with E-state index in [2.05, 4.69) is 5.32 Å². The van der Waals surface area contributed by atoms with Crippen LogP contribution in [-0.2, 0) is 4.79 Å². The summed E-state index contributed by atoms with van der Waals surface area (Å²) in [7, 11) is 0. The molecular formula is C20H13Cl2N3O4S. The summed E-state index contributed by atoms with van der Waals surface area (Å²) in [5.41, 5.74) is 0.900. The third-order valence-electron chi connectivity index (χ3n) is 4.67. The second-order valence-electron chi connectivity index (χ2n) is 6.55. The molecule has 0 saturated heterocycles. The lowest BCUT2D eigenvalue weighted by Crippen LogP contribution is -2.38. The Morgan fingerprint density at radius 3 is 2.70 bits per heavy atom. The fraction of sp³-hybridized carbons (Fsp3) is 0.100. The summed E-state index contributed by atoms with van der Waals surface area (Å²) >= 11 is 13.5. The molecule has 10 heteroatoms. The molecule has 2 amide bonds. The number of benzene rings is 2. The number of nitro groups is 1. The predicted molar refractivity (Wildman–Crippen MR) is 115 cm³/mol. The van der Waals surface area contributed by atoms with Crippen molar-refractivity contribution in [1.29, 1.82) is 0 Å². The van der Waals surface area contributed by atoms with Crippen LogP contribution in [0.4, 0.5) is 11.4 Å². The molecule has 1 aliphatic rings. The molecule has 2 aromatic carbocycles. The lowest BCUT2D eigenvalue weighted by Gasteiger charge is -2.29. The van der Waals surface area contributed by atoms with Crippen LogP contribution < -0.4 is 5.32 Å². The van der Waals surface area contributed by atoms with Gasteiger partial charge in [-0.15, -0.1) is 11.3 Å². The number of halogens is 2. The second kappa shape index (κ2) is 8.06. The van der Waals surface area contributed by atoms with E-state index in [1.165, 1.54) is 28.4 Å². The number of hydrogen-bond donors (Lipinski definition) is 1. The first kappa shape index (κ1) is 20.3. The highest BCUT2D eigenvalue weighted by molar-refractivity contribution is 7.10. The molecular weight excluding hydrogens is 449 g/mol. The molecule has 1 aromatic heterocycles. The summed E-state index contributed by atoms with van der Waals surface area (Å²) in [6.07, 6.45) is 0. The van der Waals surface area contributed by atoms with E-state index in [0.29, 0.717) is 16.3 Å². The fourth-order valence-corrected chi connectivity index (χ4v) is 4.59. The number of amides is 2. The molecule has 1 unspecified atom stereocenters. The van der Waals surface area contributed by atoms with E-state index < -0.39 is 16.9 Å². The zero-order valence-electron chi connectivity index (χ0n) is 15.2. The van der Waals surface area contributed by atoms with Crippen molar-refractivity contribution >= 4 is 57.7 Å². The average molecular weight is 462 g/mol. The van der Waals surface area contributed by atoms with E-state index in [4.69, 9.17) is 23.2 Å². The molecule has 3 aromatic rings. The number of carbonyl (C=O) groups is 2. The number of anilines is 1. The first-order valence-electron chi connectivity index (χ1n) is 8.73. The molecule has 0 bridgehead atoms. The minimum atomic E-state index is -0.653. The summed E-state index contributed by atoms with van der Waals surface area (Å²) in [5, 5.41) is 16.3. The van der Waals surface area contributed by atoms with E-state index >= 15 is 0 Å². The van der Waals surface area contributed by atoms with Crippen molar-refractivity contribution in [2.75, 3.05) is 11.9 Å². The van der Waals surface area contributed by atoms with Crippen LogP contribution in [0.15, 0.2) is 53.9 Å². The first-order chi connectivity index (χ1) is 14.3. The van der Waals surface area contributed by atoms with Gasteiger partial charge in [0.2, 0.25) is 5.91 Å². The van der Waals surface area contributed by atoms with Crippen molar-refractivity contribution in [1.82, 2.24) is 4.90 Å². The monoisotopic (exact) mass is 461 g/mol. The highest BCUT2D eigenvalue weighted by Crippen LogP contribution is 2.40. The molecule has 0 fully saturated rings. The van der Waals surface area contributed by atoms with Gasteiger partial charge in [0.25, 0.3) is 11.6 Å². The molecule has 1 atom stereocenters. The van der Waals surface area contributed by atoms with Gasteiger partial charge in [-0.1, -0.05) is 29.3 Å². The third-order valence-corrected chi connectivity index (χ3v) is 6.15. The Labute approximate surface area is 185 Å². The summed E-state index contributed by atoms with van der Waals surface area (Å²) < 4.78 is 0. The Morgan fingerprint density at radius 1 is 1.20 bits per heavy atom. The Bertz CT molecular complexity index is 1170. The lowest BCUT2D eigenvalue weighted by atomic mass is 10.0. The van der Waals surface area contributed by atoms with Crippen LogP contribution in [0.2, 0.25) is 10.0 Å².